The fourth-order valence-corrected chi connectivity index (χ4v) is 2.24. The van der Waals surface area contributed by atoms with Crippen LogP contribution < -0.4 is 10.9 Å². The number of pyridine rings is 1. The van der Waals surface area contributed by atoms with Crippen LogP contribution in [0.2, 0.25) is 0 Å². The van der Waals surface area contributed by atoms with Crippen molar-refractivity contribution in [2.45, 2.75) is 44.6 Å². The molecular formula is C15H19F3N2O4. The molecule has 1 aromatic heterocycles. The smallest absolute Gasteiger partial charge is 0.376 e. The molecule has 1 fully saturated rings. The van der Waals surface area contributed by atoms with E-state index in [-0.39, 0.29) is 12.7 Å². The SMILES string of the molecule is C[C@@H](OC[C@H]1CCCCO1)C(=O)Nc1cc(C(F)(F)F)c[nH]c1=O. The summed E-state index contributed by atoms with van der Waals surface area (Å²) in [4.78, 5) is 25.5. The largest absolute Gasteiger partial charge is 0.417 e. The highest BCUT2D eigenvalue weighted by atomic mass is 19.4. The summed E-state index contributed by atoms with van der Waals surface area (Å²) in [6, 6.07) is 0.591. The summed E-state index contributed by atoms with van der Waals surface area (Å²) >= 11 is 0. The van der Waals surface area contributed by atoms with Crippen LogP contribution in [0.3, 0.4) is 0 Å². The Balaban J connectivity index is 1.94. The average Bonchev–Trinajstić information content (AvgIpc) is 2.54. The molecule has 0 aliphatic carbocycles. The van der Waals surface area contributed by atoms with Gasteiger partial charge in [0.2, 0.25) is 0 Å². The predicted octanol–water partition coefficient (Wildman–Crippen LogP) is 2.31. The topological polar surface area (TPSA) is 80.4 Å². The summed E-state index contributed by atoms with van der Waals surface area (Å²) in [7, 11) is 0. The number of H-pyrrole nitrogens is 1. The molecule has 2 N–H and O–H groups in total. The van der Waals surface area contributed by atoms with Crippen LogP contribution in [0.25, 0.3) is 0 Å². The second-order valence-corrected chi connectivity index (χ2v) is 5.58. The number of halogens is 3. The molecule has 2 heterocycles. The lowest BCUT2D eigenvalue weighted by Crippen LogP contribution is -2.34. The van der Waals surface area contributed by atoms with Crippen molar-refractivity contribution in [3.63, 3.8) is 0 Å². The maximum Gasteiger partial charge on any atom is 0.417 e. The Morgan fingerprint density at radius 2 is 2.25 bits per heavy atom. The Morgan fingerprint density at radius 3 is 2.88 bits per heavy atom. The van der Waals surface area contributed by atoms with Crippen LogP contribution in [-0.2, 0) is 20.4 Å². The Hall–Kier alpha value is -1.87. The van der Waals surface area contributed by atoms with Crippen molar-refractivity contribution < 1.29 is 27.4 Å². The number of nitrogens with one attached hydrogen (secondary N) is 2. The summed E-state index contributed by atoms with van der Waals surface area (Å²) in [5, 5.41) is 2.16. The lowest BCUT2D eigenvalue weighted by Gasteiger charge is -2.23. The molecule has 0 unspecified atom stereocenters. The van der Waals surface area contributed by atoms with Gasteiger partial charge in [0.25, 0.3) is 11.5 Å². The highest BCUT2D eigenvalue weighted by Gasteiger charge is 2.31. The zero-order valence-corrected chi connectivity index (χ0v) is 13.1. The van der Waals surface area contributed by atoms with Crippen molar-refractivity contribution in [3.05, 3.63) is 28.2 Å². The van der Waals surface area contributed by atoms with Crippen LogP contribution in [0.15, 0.2) is 17.1 Å². The molecule has 1 amide bonds. The van der Waals surface area contributed by atoms with Gasteiger partial charge in [0.1, 0.15) is 11.8 Å². The van der Waals surface area contributed by atoms with Crippen molar-refractivity contribution in [3.8, 4) is 0 Å². The maximum absolute atomic E-state index is 12.6. The van der Waals surface area contributed by atoms with Crippen LogP contribution >= 0.6 is 0 Å². The molecule has 24 heavy (non-hydrogen) atoms. The van der Waals surface area contributed by atoms with Crippen molar-refractivity contribution in [2.24, 2.45) is 0 Å². The molecule has 134 valence electrons. The first kappa shape index (κ1) is 18.5. The molecule has 1 aliphatic rings. The van der Waals surface area contributed by atoms with Gasteiger partial charge in [0.05, 0.1) is 18.3 Å². The number of hydrogen-bond acceptors (Lipinski definition) is 4. The molecule has 1 aliphatic heterocycles. The molecule has 2 atom stereocenters. The third-order valence-electron chi connectivity index (χ3n) is 3.66. The summed E-state index contributed by atoms with van der Waals surface area (Å²) < 4.78 is 48.8. The Morgan fingerprint density at radius 1 is 1.50 bits per heavy atom. The highest BCUT2D eigenvalue weighted by molar-refractivity contribution is 5.93. The number of aromatic nitrogens is 1. The van der Waals surface area contributed by atoms with E-state index in [2.05, 4.69) is 5.32 Å². The van der Waals surface area contributed by atoms with Gasteiger partial charge < -0.3 is 19.8 Å². The van der Waals surface area contributed by atoms with E-state index in [1.807, 2.05) is 4.98 Å². The molecular weight excluding hydrogens is 329 g/mol. The minimum atomic E-state index is -4.62. The fourth-order valence-electron chi connectivity index (χ4n) is 2.24. The summed E-state index contributed by atoms with van der Waals surface area (Å²) in [6.07, 6.45) is -2.24. The van der Waals surface area contributed by atoms with E-state index in [1.54, 1.807) is 0 Å². The second-order valence-electron chi connectivity index (χ2n) is 5.58. The third kappa shape index (κ3) is 5.07. The van der Waals surface area contributed by atoms with E-state index in [0.717, 1.165) is 19.3 Å². The highest BCUT2D eigenvalue weighted by Crippen LogP contribution is 2.29. The van der Waals surface area contributed by atoms with Crippen LogP contribution in [0.1, 0.15) is 31.7 Å². The third-order valence-corrected chi connectivity index (χ3v) is 3.66. The van der Waals surface area contributed by atoms with E-state index in [1.165, 1.54) is 6.92 Å². The van der Waals surface area contributed by atoms with Gasteiger partial charge in [-0.3, -0.25) is 9.59 Å². The van der Waals surface area contributed by atoms with Gasteiger partial charge in [0.15, 0.2) is 0 Å². The van der Waals surface area contributed by atoms with Gasteiger partial charge in [0, 0.05) is 12.8 Å². The molecule has 1 aromatic rings. The van der Waals surface area contributed by atoms with Crippen molar-refractivity contribution in [1.29, 1.82) is 0 Å². The number of anilines is 1. The van der Waals surface area contributed by atoms with Gasteiger partial charge in [-0.25, -0.2) is 0 Å². The average molecular weight is 348 g/mol. The molecule has 0 radical (unpaired) electrons. The van der Waals surface area contributed by atoms with Gasteiger partial charge >= 0.3 is 6.18 Å². The minimum Gasteiger partial charge on any atom is -0.376 e. The zero-order chi connectivity index (χ0) is 17.7. The Kier molecular flexibility index (Phi) is 6.00. The van der Waals surface area contributed by atoms with Gasteiger partial charge in [-0.1, -0.05) is 0 Å². The standard InChI is InChI=1S/C15H19F3N2O4/c1-9(24-8-11-4-2-3-5-23-11)13(21)20-12-6-10(15(16,17)18)7-19-14(12)22/h6-7,9,11H,2-5,8H2,1H3,(H,19,22)(H,20,21)/t9-,11-/m1/s1. The predicted molar refractivity (Wildman–Crippen MR) is 79.7 cm³/mol. The quantitative estimate of drug-likeness (QED) is 0.856. The number of hydrogen-bond donors (Lipinski definition) is 2. The Labute approximate surface area is 136 Å². The number of amides is 1. The number of aromatic amines is 1. The number of carbonyl (C=O) groups is 1. The summed E-state index contributed by atoms with van der Waals surface area (Å²) in [5.74, 6) is -0.698. The summed E-state index contributed by atoms with van der Waals surface area (Å²) in [5.41, 5.74) is -2.35. The van der Waals surface area contributed by atoms with E-state index >= 15 is 0 Å². The first-order chi connectivity index (χ1) is 11.3. The van der Waals surface area contributed by atoms with Crippen molar-refractivity contribution in [1.82, 2.24) is 4.98 Å². The molecule has 6 nitrogen and oxygen atoms in total. The zero-order valence-electron chi connectivity index (χ0n) is 13.1. The molecule has 1 saturated heterocycles. The fraction of sp³-hybridized carbons (Fsp3) is 0.600. The van der Waals surface area contributed by atoms with Crippen LogP contribution in [-0.4, -0.2) is 36.3 Å². The maximum atomic E-state index is 12.6. The molecule has 2 rings (SSSR count). The van der Waals surface area contributed by atoms with Crippen LogP contribution in [0, 0.1) is 0 Å². The molecule has 0 spiro atoms. The van der Waals surface area contributed by atoms with Crippen LogP contribution in [0.4, 0.5) is 18.9 Å². The molecule has 0 aromatic carbocycles. The summed E-state index contributed by atoms with van der Waals surface area (Å²) in [6.45, 7) is 2.32. The number of carbonyl (C=O) groups excluding carboxylic acids is 1. The van der Waals surface area contributed by atoms with Crippen molar-refractivity contribution >= 4 is 11.6 Å². The first-order valence-electron chi connectivity index (χ1n) is 7.61. The lowest BCUT2D eigenvalue weighted by molar-refractivity contribution is -0.138. The molecule has 9 heteroatoms. The van der Waals surface area contributed by atoms with E-state index in [0.29, 0.717) is 18.9 Å². The number of ether oxygens (including phenoxy) is 2. The molecule has 0 saturated carbocycles. The Bertz CT molecular complexity index is 624. The van der Waals surface area contributed by atoms with E-state index in [9.17, 15) is 22.8 Å². The van der Waals surface area contributed by atoms with E-state index in [4.69, 9.17) is 9.47 Å². The lowest BCUT2D eigenvalue weighted by atomic mass is 10.1. The number of alkyl halides is 3. The van der Waals surface area contributed by atoms with Crippen molar-refractivity contribution in [2.75, 3.05) is 18.5 Å². The van der Waals surface area contributed by atoms with Gasteiger partial charge in [-0.05, 0) is 32.3 Å². The van der Waals surface area contributed by atoms with Gasteiger partial charge in [-0.15, -0.1) is 0 Å². The normalized spacial score (nSPS) is 19.8. The number of rotatable bonds is 5. The second kappa shape index (κ2) is 7.80. The molecule has 0 bridgehead atoms. The first-order valence-corrected chi connectivity index (χ1v) is 7.61. The minimum absolute atomic E-state index is 0.0917. The van der Waals surface area contributed by atoms with Crippen LogP contribution in [0.5, 0.6) is 0 Å². The monoisotopic (exact) mass is 348 g/mol. The van der Waals surface area contributed by atoms with E-state index < -0.39 is 35.0 Å². The van der Waals surface area contributed by atoms with Gasteiger partial charge in [-0.2, -0.15) is 13.2 Å².